The molecule has 0 heterocycles. The Bertz CT molecular complexity index is 743. The molecule has 148 valence electrons. The third-order valence-corrected chi connectivity index (χ3v) is 5.08. The highest BCUT2D eigenvalue weighted by molar-refractivity contribution is 5.83. The zero-order valence-corrected chi connectivity index (χ0v) is 16.7. The van der Waals surface area contributed by atoms with Gasteiger partial charge in [-0.3, -0.25) is 4.79 Å². The van der Waals surface area contributed by atoms with Crippen LogP contribution in [0.2, 0.25) is 0 Å². The molecule has 0 saturated heterocycles. The Balaban J connectivity index is 1.98. The number of benzene rings is 2. The monoisotopic (exact) mass is 371 g/mol. The number of aryl methyl sites for hydroxylation is 2. The second-order valence-corrected chi connectivity index (χ2v) is 7.63. The summed E-state index contributed by atoms with van der Waals surface area (Å²) >= 11 is 0. The van der Waals surface area contributed by atoms with E-state index < -0.39 is 5.54 Å². The largest absolute Gasteiger partial charge is 0.464 e. The molecule has 1 atom stereocenters. The van der Waals surface area contributed by atoms with Gasteiger partial charge in [0.1, 0.15) is 6.61 Å². The molecule has 0 spiro atoms. The van der Waals surface area contributed by atoms with E-state index in [1.165, 1.54) is 54.5 Å². The number of fused-ring (bicyclic) bond motifs is 1. The third-order valence-electron chi connectivity index (χ3n) is 5.08. The first kappa shape index (κ1) is 21.4. The number of unbranched alkanes of at least 4 members (excludes halogenated alkanes) is 3. The molecule has 2 rings (SSSR count). The summed E-state index contributed by atoms with van der Waals surface area (Å²) < 4.78 is 4.99. The van der Waals surface area contributed by atoms with Crippen LogP contribution >= 0.6 is 0 Å². The van der Waals surface area contributed by atoms with Crippen molar-refractivity contribution < 1.29 is 14.6 Å². The number of hydrogen-bond acceptors (Lipinski definition) is 4. The normalized spacial score (nSPS) is 13.5. The lowest BCUT2D eigenvalue weighted by molar-refractivity contribution is -0.143. The lowest BCUT2D eigenvalue weighted by Crippen LogP contribution is -2.48. The summed E-state index contributed by atoms with van der Waals surface area (Å²) in [7, 11) is 0. The van der Waals surface area contributed by atoms with E-state index in [2.05, 4.69) is 43.3 Å². The van der Waals surface area contributed by atoms with Gasteiger partial charge < -0.3 is 15.6 Å². The van der Waals surface area contributed by atoms with Gasteiger partial charge in [-0.15, -0.1) is 0 Å². The van der Waals surface area contributed by atoms with Gasteiger partial charge in [0.15, 0.2) is 0 Å². The van der Waals surface area contributed by atoms with Crippen molar-refractivity contribution in [2.45, 2.75) is 64.3 Å². The number of carbonyl (C=O) groups is 1. The maximum atomic E-state index is 11.0. The summed E-state index contributed by atoms with van der Waals surface area (Å²) in [4.78, 5) is 11.0. The fourth-order valence-electron chi connectivity index (χ4n) is 3.25. The second kappa shape index (κ2) is 10.4. The smallest absolute Gasteiger partial charge is 0.302 e. The summed E-state index contributed by atoms with van der Waals surface area (Å²) in [5.41, 5.74) is 7.83. The molecule has 4 nitrogen and oxygen atoms in total. The summed E-state index contributed by atoms with van der Waals surface area (Å²) in [6.07, 6.45) is 7.55. The first-order chi connectivity index (χ1) is 13.0. The minimum Gasteiger partial charge on any atom is -0.464 e. The van der Waals surface area contributed by atoms with Gasteiger partial charge in [-0.05, 0) is 47.6 Å². The molecule has 4 heteroatoms. The van der Waals surface area contributed by atoms with Crippen LogP contribution in [-0.2, 0) is 22.4 Å². The highest BCUT2D eigenvalue weighted by atomic mass is 16.5. The van der Waals surface area contributed by atoms with E-state index in [0.29, 0.717) is 6.42 Å². The Hall–Kier alpha value is -1.91. The number of carbonyl (C=O) groups excluding carboxylic acids is 1. The van der Waals surface area contributed by atoms with Crippen molar-refractivity contribution in [3.8, 4) is 0 Å². The fourth-order valence-corrected chi connectivity index (χ4v) is 3.25. The predicted octanol–water partition coefficient (Wildman–Crippen LogP) is 4.15. The zero-order chi connectivity index (χ0) is 19.7. The summed E-state index contributed by atoms with van der Waals surface area (Å²) in [6.45, 7) is 3.40. The topological polar surface area (TPSA) is 72.6 Å². The third kappa shape index (κ3) is 6.96. The van der Waals surface area contributed by atoms with Gasteiger partial charge in [-0.2, -0.15) is 0 Å². The van der Waals surface area contributed by atoms with Gasteiger partial charge in [-0.1, -0.05) is 62.6 Å². The Morgan fingerprint density at radius 1 is 1.04 bits per heavy atom. The molecule has 0 fully saturated rings. The molecule has 0 aliphatic carbocycles. The Morgan fingerprint density at radius 3 is 2.22 bits per heavy atom. The number of aliphatic hydroxyl groups is 1. The standard InChI is InChI=1S/C23H33NO3/c1-3-4-5-6-7-19-8-10-22-15-20(9-11-21(22)14-19)12-13-23(24,16-25)17-27-18(2)26/h8-11,14-15,25H,3-7,12-13,16-17,24H2,1-2H3. The predicted molar refractivity (Wildman–Crippen MR) is 111 cm³/mol. The average Bonchev–Trinajstić information content (AvgIpc) is 2.68. The van der Waals surface area contributed by atoms with Gasteiger partial charge in [0.05, 0.1) is 12.1 Å². The molecular formula is C23H33NO3. The van der Waals surface area contributed by atoms with Gasteiger partial charge in [0.25, 0.3) is 0 Å². The van der Waals surface area contributed by atoms with Crippen molar-refractivity contribution >= 4 is 16.7 Å². The van der Waals surface area contributed by atoms with Crippen LogP contribution in [0.5, 0.6) is 0 Å². The molecule has 1 unspecified atom stereocenters. The van der Waals surface area contributed by atoms with E-state index in [-0.39, 0.29) is 19.2 Å². The number of nitrogens with two attached hydrogens (primary N) is 1. The molecule has 0 bridgehead atoms. The highest BCUT2D eigenvalue weighted by Crippen LogP contribution is 2.21. The maximum absolute atomic E-state index is 11.0. The fraction of sp³-hybridized carbons (Fsp3) is 0.522. The molecular weight excluding hydrogens is 338 g/mol. The van der Waals surface area contributed by atoms with Gasteiger partial charge in [0.2, 0.25) is 0 Å². The lowest BCUT2D eigenvalue weighted by Gasteiger charge is -2.26. The van der Waals surface area contributed by atoms with Crippen molar-refractivity contribution in [3.05, 3.63) is 47.5 Å². The molecule has 0 amide bonds. The number of rotatable bonds is 11. The molecule has 3 N–H and O–H groups in total. The lowest BCUT2D eigenvalue weighted by atomic mass is 9.92. The highest BCUT2D eigenvalue weighted by Gasteiger charge is 2.25. The summed E-state index contributed by atoms with van der Waals surface area (Å²) in [6, 6.07) is 13.1. The minimum absolute atomic E-state index is 0.0355. The van der Waals surface area contributed by atoms with Crippen LogP contribution < -0.4 is 5.73 Å². The van der Waals surface area contributed by atoms with E-state index in [9.17, 15) is 9.90 Å². The second-order valence-electron chi connectivity index (χ2n) is 7.63. The first-order valence-electron chi connectivity index (χ1n) is 10.0. The Kier molecular flexibility index (Phi) is 8.26. The molecule has 0 saturated carbocycles. The minimum atomic E-state index is -0.900. The molecule has 2 aromatic carbocycles. The van der Waals surface area contributed by atoms with E-state index >= 15 is 0 Å². The molecule has 2 aromatic rings. The number of aliphatic hydroxyl groups excluding tert-OH is 1. The van der Waals surface area contributed by atoms with Crippen molar-refractivity contribution in [1.82, 2.24) is 0 Å². The van der Waals surface area contributed by atoms with E-state index in [0.717, 1.165) is 12.8 Å². The van der Waals surface area contributed by atoms with Crippen LogP contribution in [-0.4, -0.2) is 29.8 Å². The summed E-state index contributed by atoms with van der Waals surface area (Å²) in [5, 5.41) is 12.0. The average molecular weight is 372 g/mol. The van der Waals surface area contributed by atoms with Crippen molar-refractivity contribution in [3.63, 3.8) is 0 Å². The number of hydrogen-bond donors (Lipinski definition) is 2. The number of esters is 1. The van der Waals surface area contributed by atoms with E-state index in [1.807, 2.05) is 0 Å². The van der Waals surface area contributed by atoms with Crippen LogP contribution in [0.25, 0.3) is 10.8 Å². The van der Waals surface area contributed by atoms with Crippen molar-refractivity contribution in [1.29, 1.82) is 0 Å². The first-order valence-corrected chi connectivity index (χ1v) is 10.0. The van der Waals surface area contributed by atoms with Gasteiger partial charge >= 0.3 is 5.97 Å². The van der Waals surface area contributed by atoms with E-state index in [1.54, 1.807) is 0 Å². The zero-order valence-electron chi connectivity index (χ0n) is 16.7. The molecule has 0 radical (unpaired) electrons. The quantitative estimate of drug-likeness (QED) is 0.460. The van der Waals surface area contributed by atoms with Crippen LogP contribution in [0.15, 0.2) is 36.4 Å². The van der Waals surface area contributed by atoms with Crippen LogP contribution in [0, 0.1) is 0 Å². The van der Waals surface area contributed by atoms with Crippen LogP contribution in [0.4, 0.5) is 0 Å². The Morgan fingerprint density at radius 2 is 1.67 bits per heavy atom. The van der Waals surface area contributed by atoms with Gasteiger partial charge in [-0.25, -0.2) is 0 Å². The Labute approximate surface area is 162 Å². The van der Waals surface area contributed by atoms with Crippen LogP contribution in [0.3, 0.4) is 0 Å². The van der Waals surface area contributed by atoms with Gasteiger partial charge in [0, 0.05) is 6.92 Å². The molecule has 0 aromatic heterocycles. The number of ether oxygens (including phenoxy) is 1. The summed E-state index contributed by atoms with van der Waals surface area (Å²) in [5.74, 6) is -0.380. The van der Waals surface area contributed by atoms with Crippen molar-refractivity contribution in [2.75, 3.05) is 13.2 Å². The maximum Gasteiger partial charge on any atom is 0.302 e. The van der Waals surface area contributed by atoms with Crippen LogP contribution in [0.1, 0.15) is 57.1 Å². The molecule has 0 aliphatic heterocycles. The SMILES string of the molecule is CCCCCCc1ccc2cc(CCC(N)(CO)COC(C)=O)ccc2c1. The molecule has 27 heavy (non-hydrogen) atoms. The van der Waals surface area contributed by atoms with Crippen molar-refractivity contribution in [2.24, 2.45) is 5.73 Å². The van der Waals surface area contributed by atoms with E-state index in [4.69, 9.17) is 10.5 Å². The molecule has 0 aliphatic rings.